The number of amides is 1. The van der Waals surface area contributed by atoms with Crippen molar-refractivity contribution in [2.75, 3.05) is 5.32 Å². The summed E-state index contributed by atoms with van der Waals surface area (Å²) < 4.78 is 3.60. The maximum absolute atomic E-state index is 12.6. The number of hydrogen-bond acceptors (Lipinski definition) is 4. The van der Waals surface area contributed by atoms with Gasteiger partial charge in [-0.2, -0.15) is 10.2 Å². The van der Waals surface area contributed by atoms with Gasteiger partial charge in [0.2, 0.25) is 0 Å². The summed E-state index contributed by atoms with van der Waals surface area (Å²) in [4.78, 5) is 16.5. The Kier molecular flexibility index (Phi) is 4.72. The lowest BCUT2D eigenvalue weighted by molar-refractivity contribution is 0.102. The third-order valence-corrected chi connectivity index (χ3v) is 4.38. The summed E-state index contributed by atoms with van der Waals surface area (Å²) in [6, 6.07) is 17.1. The number of carbonyl (C=O) groups is 1. The number of nitrogens with one attached hydrogen (secondary N) is 1. The summed E-state index contributed by atoms with van der Waals surface area (Å²) in [5.74, 6) is -0.155. The van der Waals surface area contributed by atoms with Crippen LogP contribution in [0.15, 0.2) is 67.3 Å². The van der Waals surface area contributed by atoms with Gasteiger partial charge in [0.05, 0.1) is 17.9 Å². The number of benzene rings is 2. The monoisotopic (exact) mass is 372 g/mol. The lowest BCUT2D eigenvalue weighted by Gasteiger charge is -2.09. The van der Waals surface area contributed by atoms with Crippen LogP contribution in [0.2, 0.25) is 0 Å². The average Bonchev–Trinajstić information content (AvgIpc) is 3.31. The van der Waals surface area contributed by atoms with E-state index in [1.165, 1.54) is 6.33 Å². The fourth-order valence-corrected chi connectivity index (χ4v) is 3.10. The van der Waals surface area contributed by atoms with E-state index < -0.39 is 0 Å². The summed E-state index contributed by atoms with van der Waals surface area (Å²) in [6.07, 6.45) is 3.16. The van der Waals surface area contributed by atoms with E-state index in [9.17, 15) is 4.79 Å². The lowest BCUT2D eigenvalue weighted by Crippen LogP contribution is -2.12. The maximum atomic E-state index is 12.6. The minimum absolute atomic E-state index is 0.155. The van der Waals surface area contributed by atoms with Gasteiger partial charge in [-0.15, -0.1) is 0 Å². The summed E-state index contributed by atoms with van der Waals surface area (Å²) >= 11 is 0. The van der Waals surface area contributed by atoms with Gasteiger partial charge in [-0.1, -0.05) is 12.1 Å². The molecule has 0 radical (unpaired) electrons. The van der Waals surface area contributed by atoms with E-state index in [0.29, 0.717) is 12.1 Å². The molecule has 0 atom stereocenters. The Hall–Kier alpha value is -3.74. The lowest BCUT2D eigenvalue weighted by atomic mass is 10.1. The first-order valence-corrected chi connectivity index (χ1v) is 8.95. The largest absolute Gasteiger partial charge is 0.322 e. The van der Waals surface area contributed by atoms with Gasteiger partial charge in [0, 0.05) is 16.9 Å². The van der Waals surface area contributed by atoms with Crippen LogP contribution >= 0.6 is 0 Å². The molecule has 4 rings (SSSR count). The molecule has 140 valence electrons. The number of nitrogens with zero attached hydrogens (tertiary/aromatic N) is 5. The van der Waals surface area contributed by atoms with Crippen molar-refractivity contribution in [1.82, 2.24) is 24.5 Å². The molecule has 0 saturated heterocycles. The van der Waals surface area contributed by atoms with Crippen molar-refractivity contribution in [3.05, 3.63) is 89.8 Å². The molecular formula is C21H20N6O. The highest BCUT2D eigenvalue weighted by Crippen LogP contribution is 2.16. The molecule has 28 heavy (non-hydrogen) atoms. The van der Waals surface area contributed by atoms with E-state index in [1.54, 1.807) is 23.1 Å². The van der Waals surface area contributed by atoms with Gasteiger partial charge < -0.3 is 5.32 Å². The quantitative estimate of drug-likeness (QED) is 0.583. The Morgan fingerprint density at radius 3 is 2.57 bits per heavy atom. The van der Waals surface area contributed by atoms with Crippen molar-refractivity contribution in [3.63, 3.8) is 0 Å². The van der Waals surface area contributed by atoms with Crippen LogP contribution in [-0.2, 0) is 6.54 Å². The number of aryl methyl sites for hydroxylation is 2. The van der Waals surface area contributed by atoms with E-state index >= 15 is 0 Å². The second-order valence-corrected chi connectivity index (χ2v) is 6.63. The Bertz CT molecular complexity index is 1100. The summed E-state index contributed by atoms with van der Waals surface area (Å²) in [7, 11) is 0. The zero-order valence-corrected chi connectivity index (χ0v) is 15.7. The fourth-order valence-electron chi connectivity index (χ4n) is 3.10. The molecule has 2 aromatic carbocycles. The smallest absolute Gasteiger partial charge is 0.255 e. The molecule has 0 unspecified atom stereocenters. The number of carbonyl (C=O) groups excluding carboxylic acids is 1. The summed E-state index contributed by atoms with van der Waals surface area (Å²) in [5, 5.41) is 11.5. The minimum Gasteiger partial charge on any atom is -0.322 e. The van der Waals surface area contributed by atoms with Gasteiger partial charge in [-0.05, 0) is 61.9 Å². The molecule has 2 heterocycles. The minimum atomic E-state index is -0.155. The highest BCUT2D eigenvalue weighted by molar-refractivity contribution is 6.04. The molecule has 0 saturated carbocycles. The van der Waals surface area contributed by atoms with Crippen molar-refractivity contribution in [1.29, 1.82) is 0 Å². The highest BCUT2D eigenvalue weighted by Gasteiger charge is 2.09. The SMILES string of the molecule is Cc1cc(C)n(-c2ccc(C(=O)Nc3cccc(Cn4cncn4)c3)cc2)n1. The Balaban J connectivity index is 1.47. The second kappa shape index (κ2) is 7.48. The van der Waals surface area contributed by atoms with Crippen LogP contribution in [0, 0.1) is 13.8 Å². The molecule has 1 N–H and O–H groups in total. The first-order valence-electron chi connectivity index (χ1n) is 8.95. The van der Waals surface area contributed by atoms with Crippen molar-refractivity contribution in [3.8, 4) is 5.69 Å². The first-order chi connectivity index (χ1) is 13.6. The highest BCUT2D eigenvalue weighted by atomic mass is 16.1. The van der Waals surface area contributed by atoms with Crippen molar-refractivity contribution < 1.29 is 4.79 Å². The molecule has 1 amide bonds. The normalized spacial score (nSPS) is 10.8. The Labute approximate surface area is 162 Å². The number of aromatic nitrogens is 5. The van der Waals surface area contributed by atoms with Gasteiger partial charge in [0.25, 0.3) is 5.91 Å². The third kappa shape index (κ3) is 3.83. The molecule has 0 aliphatic carbocycles. The topological polar surface area (TPSA) is 77.6 Å². The van der Waals surface area contributed by atoms with Crippen LogP contribution in [0.5, 0.6) is 0 Å². The molecule has 7 nitrogen and oxygen atoms in total. The fraction of sp³-hybridized carbons (Fsp3) is 0.143. The van der Waals surface area contributed by atoms with Crippen LogP contribution in [-0.4, -0.2) is 30.5 Å². The second-order valence-electron chi connectivity index (χ2n) is 6.63. The molecule has 0 bridgehead atoms. The molecular weight excluding hydrogens is 352 g/mol. The maximum Gasteiger partial charge on any atom is 0.255 e. The average molecular weight is 372 g/mol. The number of hydrogen-bond donors (Lipinski definition) is 1. The van der Waals surface area contributed by atoms with Crippen LogP contribution in [0.4, 0.5) is 5.69 Å². The predicted molar refractivity (Wildman–Crippen MR) is 107 cm³/mol. The molecule has 0 aliphatic rings. The van der Waals surface area contributed by atoms with E-state index in [4.69, 9.17) is 0 Å². The predicted octanol–water partition coefficient (Wildman–Crippen LogP) is 3.38. The van der Waals surface area contributed by atoms with Gasteiger partial charge in [-0.3, -0.25) is 4.79 Å². The van der Waals surface area contributed by atoms with Crippen molar-refractivity contribution in [2.24, 2.45) is 0 Å². The van der Waals surface area contributed by atoms with E-state index in [1.807, 2.05) is 61.0 Å². The van der Waals surface area contributed by atoms with Crippen molar-refractivity contribution >= 4 is 11.6 Å². The Morgan fingerprint density at radius 1 is 1.07 bits per heavy atom. The standard InChI is InChI=1S/C21H20N6O/c1-15-10-16(2)27(25-15)20-8-6-18(7-9-20)21(28)24-19-5-3-4-17(11-19)12-26-14-22-13-23-26/h3-11,13-14H,12H2,1-2H3,(H,24,28). The Morgan fingerprint density at radius 2 is 1.89 bits per heavy atom. The van der Waals surface area contributed by atoms with Gasteiger partial charge in [0.1, 0.15) is 12.7 Å². The zero-order valence-electron chi connectivity index (χ0n) is 15.7. The molecule has 0 spiro atoms. The molecule has 4 aromatic rings. The van der Waals surface area contributed by atoms with Gasteiger partial charge in [0.15, 0.2) is 0 Å². The summed E-state index contributed by atoms with van der Waals surface area (Å²) in [6.45, 7) is 4.57. The van der Waals surface area contributed by atoms with Crippen LogP contribution in [0.3, 0.4) is 0 Å². The van der Waals surface area contributed by atoms with Crippen LogP contribution in [0.25, 0.3) is 5.69 Å². The number of anilines is 1. The van der Waals surface area contributed by atoms with Crippen LogP contribution < -0.4 is 5.32 Å². The van der Waals surface area contributed by atoms with Gasteiger partial charge >= 0.3 is 0 Å². The molecule has 0 aliphatic heterocycles. The molecule has 2 aromatic heterocycles. The van der Waals surface area contributed by atoms with E-state index in [0.717, 1.165) is 28.3 Å². The first kappa shape index (κ1) is 17.7. The van der Waals surface area contributed by atoms with Gasteiger partial charge in [-0.25, -0.2) is 14.3 Å². The summed E-state index contributed by atoms with van der Waals surface area (Å²) in [5.41, 5.74) is 5.31. The number of rotatable bonds is 5. The van der Waals surface area contributed by atoms with E-state index in [2.05, 4.69) is 20.5 Å². The molecule has 0 fully saturated rings. The zero-order chi connectivity index (χ0) is 19.5. The van der Waals surface area contributed by atoms with Crippen LogP contribution in [0.1, 0.15) is 27.3 Å². The van der Waals surface area contributed by atoms with Crippen molar-refractivity contribution in [2.45, 2.75) is 20.4 Å². The molecule has 7 heteroatoms. The van der Waals surface area contributed by atoms with E-state index in [-0.39, 0.29) is 5.91 Å². The third-order valence-electron chi connectivity index (χ3n) is 4.38.